The first-order chi connectivity index (χ1) is 6.74. The van der Waals surface area contributed by atoms with Crippen molar-refractivity contribution in [1.82, 2.24) is 5.32 Å². The van der Waals surface area contributed by atoms with Crippen LogP contribution in [0.2, 0.25) is 0 Å². The summed E-state index contributed by atoms with van der Waals surface area (Å²) in [7, 11) is 0. The van der Waals surface area contributed by atoms with Crippen molar-refractivity contribution in [2.45, 2.75) is 26.7 Å². The highest BCUT2D eigenvalue weighted by molar-refractivity contribution is 5.94. The Morgan fingerprint density at radius 3 is 2.86 bits per heavy atom. The Morgan fingerprint density at radius 1 is 1.43 bits per heavy atom. The average molecular weight is 191 g/mol. The van der Waals surface area contributed by atoms with E-state index < -0.39 is 0 Å². The molecule has 0 fully saturated rings. The van der Waals surface area contributed by atoms with Gasteiger partial charge >= 0.3 is 0 Å². The highest BCUT2D eigenvalue weighted by Crippen LogP contribution is 2.03. The van der Waals surface area contributed by atoms with Crippen molar-refractivity contribution in [3.63, 3.8) is 0 Å². The quantitative estimate of drug-likeness (QED) is 0.728. The molecular weight excluding hydrogens is 174 g/mol. The molecule has 1 amide bonds. The number of amides is 1. The first-order valence-corrected chi connectivity index (χ1v) is 5.09. The molecule has 1 rings (SSSR count). The molecule has 2 nitrogen and oxygen atoms in total. The van der Waals surface area contributed by atoms with Gasteiger partial charge in [-0.3, -0.25) is 4.79 Å². The number of benzene rings is 1. The number of carbonyl (C=O) groups is 1. The number of rotatable bonds is 4. The van der Waals surface area contributed by atoms with Crippen LogP contribution in [0.15, 0.2) is 24.3 Å². The van der Waals surface area contributed by atoms with E-state index >= 15 is 0 Å². The first-order valence-electron chi connectivity index (χ1n) is 5.09. The van der Waals surface area contributed by atoms with Gasteiger partial charge in [-0.25, -0.2) is 0 Å². The highest BCUT2D eigenvalue weighted by Gasteiger charge is 2.03. The molecule has 0 heterocycles. The second kappa shape index (κ2) is 5.43. The molecule has 0 aliphatic rings. The van der Waals surface area contributed by atoms with E-state index in [4.69, 9.17) is 0 Å². The molecule has 0 atom stereocenters. The van der Waals surface area contributed by atoms with Gasteiger partial charge in [-0.1, -0.05) is 31.0 Å². The van der Waals surface area contributed by atoms with Crippen molar-refractivity contribution in [3.05, 3.63) is 35.4 Å². The van der Waals surface area contributed by atoms with Gasteiger partial charge in [0.15, 0.2) is 0 Å². The van der Waals surface area contributed by atoms with Crippen LogP contribution in [0.3, 0.4) is 0 Å². The molecule has 1 N–H and O–H groups in total. The Balaban J connectivity index is 2.52. The summed E-state index contributed by atoms with van der Waals surface area (Å²) in [6.45, 7) is 4.87. The van der Waals surface area contributed by atoms with Crippen LogP contribution in [0.1, 0.15) is 35.7 Å². The summed E-state index contributed by atoms with van der Waals surface area (Å²) in [6, 6.07) is 7.64. The van der Waals surface area contributed by atoms with Gasteiger partial charge in [0.2, 0.25) is 0 Å². The molecular formula is C12H17NO. The van der Waals surface area contributed by atoms with Crippen molar-refractivity contribution >= 4 is 5.91 Å². The lowest BCUT2D eigenvalue weighted by molar-refractivity contribution is 0.0953. The van der Waals surface area contributed by atoms with Crippen molar-refractivity contribution in [2.24, 2.45) is 0 Å². The second-order valence-electron chi connectivity index (χ2n) is 3.48. The molecule has 0 unspecified atom stereocenters. The third-order valence-electron chi connectivity index (χ3n) is 2.10. The Kier molecular flexibility index (Phi) is 4.17. The smallest absolute Gasteiger partial charge is 0.251 e. The maximum Gasteiger partial charge on any atom is 0.251 e. The standard InChI is InChI=1S/C12H17NO/c1-3-4-8-13-12(14)11-7-5-6-10(2)9-11/h5-7,9H,3-4,8H2,1-2H3,(H,13,14). The normalized spacial score (nSPS) is 9.86. The van der Waals surface area contributed by atoms with Crippen LogP contribution in [0.25, 0.3) is 0 Å². The molecule has 0 aromatic heterocycles. The lowest BCUT2D eigenvalue weighted by Crippen LogP contribution is -2.24. The Morgan fingerprint density at radius 2 is 2.21 bits per heavy atom. The van der Waals surface area contributed by atoms with Crippen LogP contribution < -0.4 is 5.32 Å². The molecule has 0 saturated heterocycles. The van der Waals surface area contributed by atoms with Gasteiger partial charge in [-0.15, -0.1) is 0 Å². The number of hydrogen-bond acceptors (Lipinski definition) is 1. The fourth-order valence-corrected chi connectivity index (χ4v) is 1.27. The summed E-state index contributed by atoms with van der Waals surface area (Å²) in [5, 5.41) is 2.89. The number of unbranched alkanes of at least 4 members (excludes halogenated alkanes) is 1. The average Bonchev–Trinajstić information content (AvgIpc) is 2.18. The molecule has 0 saturated carbocycles. The van der Waals surface area contributed by atoms with E-state index in [1.807, 2.05) is 31.2 Å². The predicted molar refractivity (Wildman–Crippen MR) is 58.4 cm³/mol. The van der Waals surface area contributed by atoms with Crippen molar-refractivity contribution in [2.75, 3.05) is 6.54 Å². The van der Waals surface area contributed by atoms with Crippen LogP contribution in [0.4, 0.5) is 0 Å². The summed E-state index contributed by atoms with van der Waals surface area (Å²) in [5.74, 6) is 0.0298. The molecule has 0 spiro atoms. The van der Waals surface area contributed by atoms with Crippen LogP contribution in [-0.4, -0.2) is 12.5 Å². The topological polar surface area (TPSA) is 29.1 Å². The van der Waals surface area contributed by atoms with E-state index in [0.717, 1.165) is 30.5 Å². The van der Waals surface area contributed by atoms with E-state index in [1.165, 1.54) is 0 Å². The van der Waals surface area contributed by atoms with Crippen molar-refractivity contribution < 1.29 is 4.79 Å². The van der Waals surface area contributed by atoms with Crippen LogP contribution >= 0.6 is 0 Å². The Labute approximate surface area is 85.3 Å². The molecule has 14 heavy (non-hydrogen) atoms. The summed E-state index contributed by atoms with van der Waals surface area (Å²) < 4.78 is 0. The zero-order valence-electron chi connectivity index (χ0n) is 8.84. The van der Waals surface area contributed by atoms with Crippen LogP contribution in [-0.2, 0) is 0 Å². The molecule has 1 aromatic carbocycles. The summed E-state index contributed by atoms with van der Waals surface area (Å²) in [6.07, 6.45) is 2.14. The van der Waals surface area contributed by atoms with Gasteiger partial charge in [-0.05, 0) is 25.5 Å². The summed E-state index contributed by atoms with van der Waals surface area (Å²) in [5.41, 5.74) is 1.87. The minimum Gasteiger partial charge on any atom is -0.352 e. The predicted octanol–water partition coefficient (Wildman–Crippen LogP) is 2.52. The largest absolute Gasteiger partial charge is 0.352 e. The number of hydrogen-bond donors (Lipinski definition) is 1. The minimum atomic E-state index is 0.0298. The van der Waals surface area contributed by atoms with Crippen LogP contribution in [0.5, 0.6) is 0 Å². The van der Waals surface area contributed by atoms with Gasteiger partial charge in [-0.2, -0.15) is 0 Å². The third-order valence-corrected chi connectivity index (χ3v) is 2.10. The SMILES string of the molecule is CCCCNC(=O)c1cccc(C)c1. The number of aryl methyl sites for hydroxylation is 1. The van der Waals surface area contributed by atoms with E-state index in [2.05, 4.69) is 12.2 Å². The second-order valence-corrected chi connectivity index (χ2v) is 3.48. The van der Waals surface area contributed by atoms with Gasteiger partial charge in [0.25, 0.3) is 5.91 Å². The Bertz CT molecular complexity index is 307. The molecule has 0 aliphatic carbocycles. The van der Waals surface area contributed by atoms with E-state index in [1.54, 1.807) is 0 Å². The molecule has 0 radical (unpaired) electrons. The maximum absolute atomic E-state index is 11.6. The van der Waals surface area contributed by atoms with Gasteiger partial charge in [0.1, 0.15) is 0 Å². The fourth-order valence-electron chi connectivity index (χ4n) is 1.27. The Hall–Kier alpha value is -1.31. The lowest BCUT2D eigenvalue weighted by atomic mass is 10.1. The number of nitrogens with one attached hydrogen (secondary N) is 1. The monoisotopic (exact) mass is 191 g/mol. The van der Waals surface area contributed by atoms with Crippen LogP contribution in [0, 0.1) is 6.92 Å². The van der Waals surface area contributed by atoms with Gasteiger partial charge in [0, 0.05) is 12.1 Å². The van der Waals surface area contributed by atoms with E-state index in [-0.39, 0.29) is 5.91 Å². The fraction of sp³-hybridized carbons (Fsp3) is 0.417. The minimum absolute atomic E-state index is 0.0298. The summed E-state index contributed by atoms with van der Waals surface area (Å²) in [4.78, 5) is 11.6. The summed E-state index contributed by atoms with van der Waals surface area (Å²) >= 11 is 0. The zero-order valence-corrected chi connectivity index (χ0v) is 8.84. The lowest BCUT2D eigenvalue weighted by Gasteiger charge is -2.04. The zero-order chi connectivity index (χ0) is 10.4. The number of carbonyl (C=O) groups excluding carboxylic acids is 1. The van der Waals surface area contributed by atoms with E-state index in [9.17, 15) is 4.79 Å². The molecule has 76 valence electrons. The van der Waals surface area contributed by atoms with Crippen molar-refractivity contribution in [3.8, 4) is 0 Å². The molecule has 0 aliphatic heterocycles. The first kappa shape index (κ1) is 10.8. The molecule has 1 aromatic rings. The highest BCUT2D eigenvalue weighted by atomic mass is 16.1. The molecule has 0 bridgehead atoms. The molecule has 2 heteroatoms. The van der Waals surface area contributed by atoms with E-state index in [0.29, 0.717) is 0 Å². The van der Waals surface area contributed by atoms with Gasteiger partial charge in [0.05, 0.1) is 0 Å². The van der Waals surface area contributed by atoms with Crippen molar-refractivity contribution in [1.29, 1.82) is 0 Å². The third kappa shape index (κ3) is 3.21. The maximum atomic E-state index is 11.6. The van der Waals surface area contributed by atoms with Gasteiger partial charge < -0.3 is 5.32 Å².